The summed E-state index contributed by atoms with van der Waals surface area (Å²) in [7, 11) is 0. The lowest BCUT2D eigenvalue weighted by molar-refractivity contribution is 0.562. The molecule has 0 amide bonds. The molecule has 36 valence electrons. The lowest BCUT2D eigenvalue weighted by Gasteiger charge is -1.83. The van der Waals surface area contributed by atoms with Crippen LogP contribution in [0.3, 0.4) is 0 Å². The second-order valence-electron chi connectivity index (χ2n) is 1.15. The molecule has 0 aliphatic heterocycles. The average molecular weight is 88.1 g/mol. The van der Waals surface area contributed by atoms with Gasteiger partial charge in [-0.15, -0.1) is 0 Å². The fourth-order valence-corrected chi connectivity index (χ4v) is 0.221. The molecule has 0 saturated carbocycles. The molecule has 0 rings (SSSR count). The molecule has 0 aromatic rings. The van der Waals surface area contributed by atoms with Crippen LogP contribution < -0.4 is 0 Å². The molecule has 0 saturated heterocycles. The summed E-state index contributed by atoms with van der Waals surface area (Å²) in [5.41, 5.74) is 0. The molecule has 0 bridgehead atoms. The molecule has 6 heavy (non-hydrogen) atoms. The van der Waals surface area contributed by atoms with Gasteiger partial charge in [-0.2, -0.15) is 0 Å². The molecule has 0 aliphatic carbocycles. The molecular weight excluding hydrogens is 79.1 g/mol. The summed E-state index contributed by atoms with van der Waals surface area (Å²) in [6, 6.07) is 0. The Kier molecular flexibility index (Phi) is 4.87. The highest BCUT2D eigenvalue weighted by molar-refractivity contribution is 4.48. The van der Waals surface area contributed by atoms with E-state index in [1.165, 1.54) is 0 Å². The summed E-state index contributed by atoms with van der Waals surface area (Å²) in [6.07, 6.45) is 2.26. The quantitative estimate of drug-likeness (QED) is 0.463. The Labute approximate surface area is 38.4 Å². The Morgan fingerprint density at radius 1 is 1.67 bits per heavy atom. The van der Waals surface area contributed by atoms with E-state index in [1.807, 2.05) is 0 Å². The molecule has 0 aromatic carbocycles. The number of halogens is 1. The van der Waals surface area contributed by atoms with Crippen LogP contribution in [0.5, 0.6) is 0 Å². The molecule has 0 heterocycles. The maximum Gasteiger partial charge on any atom is 0.131 e. The third-order valence-corrected chi connectivity index (χ3v) is 0.563. The van der Waals surface area contributed by atoms with E-state index in [9.17, 15) is 4.39 Å². The zero-order valence-electron chi connectivity index (χ0n) is 3.78. The van der Waals surface area contributed by atoms with Crippen molar-refractivity contribution in [3.05, 3.63) is 13.6 Å². The molecule has 0 fully saturated rings. The standard InChI is InChI=1S/C5H9F/c1-2-3-4-5-6/h5H,1-4H2. The largest absolute Gasteiger partial charge is 0.244 e. The molecule has 2 radical (unpaired) electrons. The van der Waals surface area contributed by atoms with Crippen LogP contribution in [0.1, 0.15) is 19.3 Å². The Morgan fingerprint density at radius 2 is 2.33 bits per heavy atom. The Bertz CT molecular complexity index is 15.9. The van der Waals surface area contributed by atoms with Crippen molar-refractivity contribution in [1.29, 1.82) is 0 Å². The van der Waals surface area contributed by atoms with E-state index in [0.717, 1.165) is 12.8 Å². The summed E-state index contributed by atoms with van der Waals surface area (Å²) in [6.45, 7) is 4.21. The van der Waals surface area contributed by atoms with Gasteiger partial charge in [0.25, 0.3) is 0 Å². The zero-order valence-corrected chi connectivity index (χ0v) is 3.78. The first-order valence-electron chi connectivity index (χ1n) is 2.13. The second-order valence-corrected chi connectivity index (χ2v) is 1.15. The minimum absolute atomic E-state index is 0.559. The van der Waals surface area contributed by atoms with Crippen LogP contribution in [-0.2, 0) is 0 Å². The van der Waals surface area contributed by atoms with Gasteiger partial charge in [-0.1, -0.05) is 19.8 Å². The summed E-state index contributed by atoms with van der Waals surface area (Å²) >= 11 is 0. The van der Waals surface area contributed by atoms with Crippen molar-refractivity contribution in [3.63, 3.8) is 0 Å². The maximum atomic E-state index is 11.0. The van der Waals surface area contributed by atoms with Crippen LogP contribution in [-0.4, -0.2) is 0 Å². The van der Waals surface area contributed by atoms with Crippen LogP contribution in [0.2, 0.25) is 0 Å². The number of unbranched alkanes of at least 4 members (excludes halogenated alkanes) is 2. The van der Waals surface area contributed by atoms with Gasteiger partial charge < -0.3 is 0 Å². The van der Waals surface area contributed by atoms with Gasteiger partial charge in [0, 0.05) is 0 Å². The van der Waals surface area contributed by atoms with Crippen molar-refractivity contribution in [3.8, 4) is 0 Å². The highest BCUT2D eigenvalue weighted by Gasteiger charge is 1.79. The van der Waals surface area contributed by atoms with Crippen LogP contribution in [0, 0.1) is 13.6 Å². The fraction of sp³-hybridized carbons (Fsp3) is 0.600. The number of hydrogen-bond donors (Lipinski definition) is 0. The van der Waals surface area contributed by atoms with Crippen molar-refractivity contribution in [2.24, 2.45) is 0 Å². The zero-order chi connectivity index (χ0) is 4.83. The Hall–Kier alpha value is -0.0700. The van der Waals surface area contributed by atoms with Gasteiger partial charge >= 0.3 is 0 Å². The van der Waals surface area contributed by atoms with Crippen molar-refractivity contribution < 1.29 is 4.39 Å². The molecule has 0 nitrogen and oxygen atoms in total. The topological polar surface area (TPSA) is 0 Å². The maximum absolute atomic E-state index is 11.0. The fourth-order valence-electron chi connectivity index (χ4n) is 0.221. The van der Waals surface area contributed by atoms with E-state index < -0.39 is 0 Å². The van der Waals surface area contributed by atoms with E-state index in [0.29, 0.717) is 13.1 Å². The minimum Gasteiger partial charge on any atom is -0.244 e. The monoisotopic (exact) mass is 88.1 g/mol. The van der Waals surface area contributed by atoms with E-state index in [1.54, 1.807) is 0 Å². The van der Waals surface area contributed by atoms with Crippen molar-refractivity contribution in [2.75, 3.05) is 0 Å². The van der Waals surface area contributed by atoms with Crippen molar-refractivity contribution in [1.82, 2.24) is 0 Å². The number of rotatable bonds is 3. The minimum atomic E-state index is 0.559. The van der Waals surface area contributed by atoms with Gasteiger partial charge in [0.05, 0.1) is 0 Å². The first-order valence-corrected chi connectivity index (χ1v) is 2.13. The van der Waals surface area contributed by atoms with E-state index in [-0.39, 0.29) is 0 Å². The number of hydrogen-bond acceptors (Lipinski definition) is 0. The predicted molar refractivity (Wildman–Crippen MR) is 24.6 cm³/mol. The molecule has 0 atom stereocenters. The normalized spacial score (nSPS) is 9.00. The molecule has 0 spiro atoms. The smallest absolute Gasteiger partial charge is 0.131 e. The average Bonchev–Trinajstić information content (AvgIpc) is 1.61. The van der Waals surface area contributed by atoms with Crippen LogP contribution in [0.25, 0.3) is 0 Å². The summed E-state index contributed by atoms with van der Waals surface area (Å²) < 4.78 is 11.0. The Morgan fingerprint density at radius 3 is 2.50 bits per heavy atom. The van der Waals surface area contributed by atoms with Crippen LogP contribution in [0.15, 0.2) is 0 Å². The lowest BCUT2D eigenvalue weighted by Crippen LogP contribution is -1.66. The molecule has 0 aromatic heterocycles. The van der Waals surface area contributed by atoms with Gasteiger partial charge in [-0.3, -0.25) is 0 Å². The lowest BCUT2D eigenvalue weighted by atomic mass is 10.3. The summed E-state index contributed by atoms with van der Waals surface area (Å²) in [4.78, 5) is 0. The van der Waals surface area contributed by atoms with Gasteiger partial charge in [-0.25, -0.2) is 4.39 Å². The highest BCUT2D eigenvalue weighted by Crippen LogP contribution is 1.95. The SMILES string of the molecule is [CH2]CCC[CH]F. The van der Waals surface area contributed by atoms with Gasteiger partial charge in [0.15, 0.2) is 0 Å². The second kappa shape index (κ2) is 4.93. The third-order valence-electron chi connectivity index (χ3n) is 0.563. The third kappa shape index (κ3) is 3.93. The van der Waals surface area contributed by atoms with E-state index >= 15 is 0 Å². The summed E-state index contributed by atoms with van der Waals surface area (Å²) in [5, 5.41) is 0. The predicted octanol–water partition coefficient (Wildman–Crippen LogP) is 2.12. The molecule has 0 N–H and O–H groups in total. The van der Waals surface area contributed by atoms with Crippen LogP contribution >= 0.6 is 0 Å². The van der Waals surface area contributed by atoms with Crippen molar-refractivity contribution >= 4 is 0 Å². The molecule has 1 heteroatoms. The van der Waals surface area contributed by atoms with Gasteiger partial charge in [0.1, 0.15) is 6.67 Å². The van der Waals surface area contributed by atoms with Crippen LogP contribution in [0.4, 0.5) is 4.39 Å². The highest BCUT2D eigenvalue weighted by atomic mass is 19.1. The molecule has 0 unspecified atom stereocenters. The first kappa shape index (κ1) is 5.93. The molecular formula is C5H9F. The van der Waals surface area contributed by atoms with Gasteiger partial charge in [0.2, 0.25) is 0 Å². The van der Waals surface area contributed by atoms with Gasteiger partial charge in [-0.05, 0) is 6.42 Å². The molecule has 0 aliphatic rings. The first-order chi connectivity index (χ1) is 2.91. The Balaban J connectivity index is 2.34. The summed E-state index contributed by atoms with van der Waals surface area (Å²) in [5.74, 6) is 0. The van der Waals surface area contributed by atoms with Crippen molar-refractivity contribution in [2.45, 2.75) is 19.3 Å². The van der Waals surface area contributed by atoms with E-state index in [4.69, 9.17) is 0 Å². The van der Waals surface area contributed by atoms with E-state index in [2.05, 4.69) is 6.92 Å².